The zero-order chi connectivity index (χ0) is 24.8. The number of rotatable bonds is 8. The minimum atomic E-state index is -0.344. The number of hydrogen-bond donors (Lipinski definition) is 1. The fourth-order valence-electron chi connectivity index (χ4n) is 4.71. The van der Waals surface area contributed by atoms with E-state index in [0.29, 0.717) is 5.56 Å². The molecule has 36 heavy (non-hydrogen) atoms. The number of aliphatic hydroxyl groups is 1. The topological polar surface area (TPSA) is 66.7 Å². The molecule has 0 fully saturated rings. The number of methoxy groups -OCH3 is 2. The number of anilines is 1. The Kier molecular flexibility index (Phi) is 8.96. The van der Waals surface area contributed by atoms with E-state index < -0.39 is 0 Å². The second-order valence-corrected chi connectivity index (χ2v) is 8.59. The van der Waals surface area contributed by atoms with Gasteiger partial charge >= 0.3 is 0 Å². The molecule has 0 bridgehead atoms. The molecule has 1 radical (unpaired) electrons. The van der Waals surface area contributed by atoms with E-state index in [9.17, 15) is 5.11 Å². The number of hydrogen-bond acceptors (Lipinski definition) is 5. The molecule has 1 heterocycles. The van der Waals surface area contributed by atoms with Gasteiger partial charge in [-0.25, -0.2) is 0 Å². The van der Waals surface area contributed by atoms with Gasteiger partial charge in [0.25, 0.3) is 0 Å². The van der Waals surface area contributed by atoms with Crippen LogP contribution in [0.15, 0.2) is 94.8 Å². The van der Waals surface area contributed by atoms with Gasteiger partial charge < -0.3 is 19.5 Å². The first-order valence-corrected chi connectivity index (χ1v) is 11.6. The van der Waals surface area contributed by atoms with Crippen LogP contribution in [0.1, 0.15) is 30.5 Å². The van der Waals surface area contributed by atoms with E-state index in [4.69, 9.17) is 9.47 Å². The molecule has 1 unspecified atom stereocenters. The number of allylic oxidation sites excluding steroid dienone is 2. The Balaban J connectivity index is 0.00000361. The van der Waals surface area contributed by atoms with E-state index in [1.165, 1.54) is 11.1 Å². The molecule has 1 aliphatic heterocycles. The monoisotopic (exact) mass is 528 g/mol. The molecular weight excluding hydrogens is 497 g/mol. The number of nitrogens with zero attached hydrogens (tertiary/aromatic N) is 3. The van der Waals surface area contributed by atoms with Crippen LogP contribution in [0.25, 0.3) is 0 Å². The van der Waals surface area contributed by atoms with Crippen LogP contribution in [0.3, 0.4) is 0 Å². The quantitative estimate of drug-likeness (QED) is 0.224. The molecule has 0 saturated heterocycles. The van der Waals surface area contributed by atoms with Crippen molar-refractivity contribution < 1.29 is 31.4 Å². The minimum Gasteiger partial charge on any atom is -0.497 e. The summed E-state index contributed by atoms with van der Waals surface area (Å²) in [6, 6.07) is 23.6. The van der Waals surface area contributed by atoms with Gasteiger partial charge in [-0.05, 0) is 79.9 Å². The number of benzene rings is 3. The second-order valence-electron chi connectivity index (χ2n) is 8.59. The molecule has 1 aliphatic rings. The second kappa shape index (κ2) is 11.9. The van der Waals surface area contributed by atoms with Crippen LogP contribution in [0, 0.1) is 0 Å². The molecule has 0 spiro atoms. The Morgan fingerprint density at radius 1 is 0.972 bits per heavy atom. The maximum atomic E-state index is 10.2. The standard InChI is InChI=1S/C29H31N3O3.Co/c1-5-32-26-15-14-24(35-4)19-25(26)29(2,20-21-10-9-13-23(18-21)34-3)27(32)16-17-30-31-28(33)22-11-7-6-8-12-22;/h6-19H,5,20H2,1-4H3,(H,31,33);/b27-16-,30-17+;. The van der Waals surface area contributed by atoms with E-state index >= 15 is 0 Å². The fourth-order valence-corrected chi connectivity index (χ4v) is 4.71. The largest absolute Gasteiger partial charge is 0.497 e. The predicted octanol–water partition coefficient (Wildman–Crippen LogP) is 5.92. The molecule has 0 amide bonds. The summed E-state index contributed by atoms with van der Waals surface area (Å²) in [5, 5.41) is 18.4. The van der Waals surface area contributed by atoms with Gasteiger partial charge in [-0.1, -0.05) is 30.3 Å². The Bertz CT molecular complexity index is 1270. The van der Waals surface area contributed by atoms with Gasteiger partial charge in [0.05, 0.1) is 20.4 Å². The molecule has 1 N–H and O–H groups in total. The van der Waals surface area contributed by atoms with Crippen molar-refractivity contribution in [3.8, 4) is 11.5 Å². The van der Waals surface area contributed by atoms with Crippen LogP contribution >= 0.6 is 0 Å². The van der Waals surface area contributed by atoms with Crippen molar-refractivity contribution in [2.24, 2.45) is 10.2 Å². The van der Waals surface area contributed by atoms with Crippen molar-refractivity contribution in [2.75, 3.05) is 25.7 Å². The van der Waals surface area contributed by atoms with E-state index in [0.717, 1.165) is 35.8 Å². The summed E-state index contributed by atoms with van der Waals surface area (Å²) < 4.78 is 11.0. The Hall–Kier alpha value is -3.55. The van der Waals surface area contributed by atoms with Crippen LogP contribution in [-0.4, -0.2) is 38.0 Å². The first-order valence-electron chi connectivity index (χ1n) is 11.6. The normalized spacial score (nSPS) is 18.3. The maximum Gasteiger partial charge on any atom is 0.238 e. The van der Waals surface area contributed by atoms with Gasteiger partial charge in [0.1, 0.15) is 11.5 Å². The number of fused-ring (bicyclic) bond motifs is 1. The van der Waals surface area contributed by atoms with Gasteiger partial charge in [-0.15, -0.1) is 5.10 Å². The van der Waals surface area contributed by atoms with Crippen LogP contribution in [-0.2, 0) is 28.6 Å². The van der Waals surface area contributed by atoms with E-state index in [2.05, 4.69) is 53.2 Å². The van der Waals surface area contributed by atoms with E-state index in [1.807, 2.05) is 42.5 Å². The summed E-state index contributed by atoms with van der Waals surface area (Å²) in [6.07, 6.45) is 4.39. The Labute approximate surface area is 223 Å². The van der Waals surface area contributed by atoms with E-state index in [1.54, 1.807) is 32.6 Å². The summed E-state index contributed by atoms with van der Waals surface area (Å²) in [5.74, 6) is 1.54. The SMILES string of the molecule is CCN1\C(=C/C=N/N=C(\O)c2ccccc2)C(C)(Cc2cccc(OC)c2)c2cc(OC)ccc21.[Co]. The van der Waals surface area contributed by atoms with Crippen LogP contribution in [0.5, 0.6) is 11.5 Å². The van der Waals surface area contributed by atoms with Gasteiger partial charge in [-0.2, -0.15) is 5.10 Å². The van der Waals surface area contributed by atoms with Gasteiger partial charge in [-0.3, -0.25) is 0 Å². The van der Waals surface area contributed by atoms with Crippen molar-refractivity contribution >= 4 is 17.8 Å². The number of ether oxygens (including phenoxy) is 2. The van der Waals surface area contributed by atoms with Gasteiger partial charge in [0.15, 0.2) is 0 Å². The van der Waals surface area contributed by atoms with Gasteiger partial charge in [0, 0.05) is 45.7 Å². The van der Waals surface area contributed by atoms with Crippen LogP contribution in [0.4, 0.5) is 5.69 Å². The van der Waals surface area contributed by atoms with Crippen molar-refractivity contribution in [3.63, 3.8) is 0 Å². The summed E-state index contributed by atoms with van der Waals surface area (Å²) in [6.45, 7) is 5.17. The van der Waals surface area contributed by atoms with Crippen molar-refractivity contribution in [1.82, 2.24) is 0 Å². The molecule has 3 aromatic rings. The Morgan fingerprint density at radius 2 is 1.69 bits per heavy atom. The van der Waals surface area contributed by atoms with Crippen LogP contribution in [0.2, 0.25) is 0 Å². The molecule has 7 heteroatoms. The number of likely N-dealkylation sites (N-methyl/N-ethyl adjacent to an activating group) is 1. The molecule has 6 nitrogen and oxygen atoms in total. The third-order valence-corrected chi connectivity index (χ3v) is 6.44. The zero-order valence-electron chi connectivity index (χ0n) is 20.9. The molecule has 3 aromatic carbocycles. The molecule has 4 rings (SSSR count). The molecule has 189 valence electrons. The fraction of sp³-hybridized carbons (Fsp3) is 0.241. The summed E-state index contributed by atoms with van der Waals surface area (Å²) in [5.41, 5.74) is 4.88. The minimum absolute atomic E-state index is 0. The molecule has 0 aliphatic carbocycles. The predicted molar refractivity (Wildman–Crippen MR) is 142 cm³/mol. The third kappa shape index (κ3) is 5.47. The first kappa shape index (κ1) is 27.0. The Morgan fingerprint density at radius 3 is 2.39 bits per heavy atom. The summed E-state index contributed by atoms with van der Waals surface area (Å²) >= 11 is 0. The van der Waals surface area contributed by atoms with Crippen molar-refractivity contribution in [3.05, 3.63) is 101 Å². The van der Waals surface area contributed by atoms with Crippen LogP contribution < -0.4 is 14.4 Å². The summed E-state index contributed by atoms with van der Waals surface area (Å²) in [4.78, 5) is 2.29. The maximum absolute atomic E-state index is 10.2. The van der Waals surface area contributed by atoms with E-state index in [-0.39, 0.29) is 28.1 Å². The summed E-state index contributed by atoms with van der Waals surface area (Å²) in [7, 11) is 3.37. The van der Waals surface area contributed by atoms with Crippen molar-refractivity contribution in [1.29, 1.82) is 0 Å². The van der Waals surface area contributed by atoms with Gasteiger partial charge in [0.2, 0.25) is 5.90 Å². The molecule has 0 aromatic heterocycles. The number of aliphatic hydroxyl groups excluding tert-OH is 1. The van der Waals surface area contributed by atoms with Crippen molar-refractivity contribution in [2.45, 2.75) is 25.7 Å². The average Bonchev–Trinajstić information content (AvgIpc) is 3.13. The molecular formula is C29H31CoN3O3. The smallest absolute Gasteiger partial charge is 0.238 e. The third-order valence-electron chi connectivity index (χ3n) is 6.44. The molecule has 0 saturated carbocycles. The zero-order valence-corrected chi connectivity index (χ0v) is 22.0. The molecule has 1 atom stereocenters. The first-order chi connectivity index (χ1) is 17.0. The average molecular weight is 529 g/mol.